The molecular formula is C26H31NO2. The number of ether oxygens (including phenoxy) is 1. The molecule has 2 aromatic carbocycles. The molecule has 3 nitrogen and oxygen atoms in total. The number of hydrogen-bond donors (Lipinski definition) is 0. The van der Waals surface area contributed by atoms with Gasteiger partial charge in [0.05, 0.1) is 12.8 Å². The fraction of sp³-hybridized carbons (Fsp3) is 0.231. The van der Waals surface area contributed by atoms with Gasteiger partial charge in [0, 0.05) is 0 Å². The van der Waals surface area contributed by atoms with E-state index in [1.807, 2.05) is 37.1 Å². The molecule has 2 aliphatic carbocycles. The summed E-state index contributed by atoms with van der Waals surface area (Å²) >= 11 is 0. The minimum atomic E-state index is 0.924. The summed E-state index contributed by atoms with van der Waals surface area (Å²) in [6, 6.07) is 18.1. The van der Waals surface area contributed by atoms with Crippen molar-refractivity contribution in [2.45, 2.75) is 32.6 Å². The molecule has 2 aromatic rings. The zero-order chi connectivity index (χ0) is 21.5. The Morgan fingerprint density at radius 2 is 1.62 bits per heavy atom. The Balaban J connectivity index is 0.000000250. The van der Waals surface area contributed by atoms with Crippen molar-refractivity contribution < 1.29 is 9.53 Å². The highest BCUT2D eigenvalue weighted by Crippen LogP contribution is 2.32. The predicted molar refractivity (Wildman–Crippen MR) is 125 cm³/mol. The van der Waals surface area contributed by atoms with E-state index in [1.165, 1.54) is 48.0 Å². The normalized spacial score (nSPS) is 12.9. The molecule has 2 aliphatic rings. The fourth-order valence-electron chi connectivity index (χ4n) is 2.21. The molecule has 0 aromatic heterocycles. The quantitative estimate of drug-likeness (QED) is 0.325. The first-order chi connectivity index (χ1) is 14.1. The van der Waals surface area contributed by atoms with Gasteiger partial charge in [-0.3, -0.25) is 4.99 Å². The molecular weight excluding hydrogens is 358 g/mol. The van der Waals surface area contributed by atoms with E-state index in [1.54, 1.807) is 7.11 Å². The van der Waals surface area contributed by atoms with Crippen molar-refractivity contribution in [1.82, 2.24) is 0 Å². The van der Waals surface area contributed by atoms with Gasteiger partial charge in [-0.05, 0) is 68.7 Å². The van der Waals surface area contributed by atoms with Crippen LogP contribution in [0.3, 0.4) is 0 Å². The van der Waals surface area contributed by atoms with E-state index in [9.17, 15) is 0 Å². The number of carbonyl (C=O) groups excluding carboxylic acids is 1. The van der Waals surface area contributed by atoms with Crippen molar-refractivity contribution in [1.29, 1.82) is 0 Å². The van der Waals surface area contributed by atoms with E-state index < -0.39 is 0 Å². The highest BCUT2D eigenvalue weighted by molar-refractivity contribution is 5.54. The Labute approximate surface area is 175 Å². The minimum absolute atomic E-state index is 0.924. The number of nitrogens with zero attached hydrogens (tertiary/aromatic N) is 1. The smallest absolute Gasteiger partial charge is 0.118 e. The third-order valence-corrected chi connectivity index (χ3v) is 4.08. The molecule has 0 aliphatic heterocycles. The summed E-state index contributed by atoms with van der Waals surface area (Å²) in [6.07, 6.45) is 9.15. The fourth-order valence-corrected chi connectivity index (χ4v) is 2.21. The molecule has 29 heavy (non-hydrogen) atoms. The van der Waals surface area contributed by atoms with Crippen LogP contribution < -0.4 is 0 Å². The van der Waals surface area contributed by atoms with Crippen LogP contribution in [0.15, 0.2) is 89.2 Å². The number of hydrogen-bond acceptors (Lipinski definition) is 3. The SMILES string of the molecule is C=C1CC1.C=Nc1ccccc1.C=O.COC(/C=C/c1cccc(C)c1)=C1CC1. The van der Waals surface area contributed by atoms with E-state index in [2.05, 4.69) is 61.6 Å². The van der Waals surface area contributed by atoms with Crippen molar-refractivity contribution in [3.63, 3.8) is 0 Å². The van der Waals surface area contributed by atoms with Gasteiger partial charge >= 0.3 is 0 Å². The Hall–Kier alpha value is -3.20. The highest BCUT2D eigenvalue weighted by Gasteiger charge is 2.16. The van der Waals surface area contributed by atoms with Crippen LogP contribution in [-0.2, 0) is 9.53 Å². The maximum Gasteiger partial charge on any atom is 0.118 e. The average molecular weight is 390 g/mol. The van der Waals surface area contributed by atoms with Crippen LogP contribution in [0.4, 0.5) is 5.69 Å². The molecule has 0 bridgehead atoms. The molecule has 2 fully saturated rings. The maximum atomic E-state index is 8.00. The molecule has 0 amide bonds. The van der Waals surface area contributed by atoms with Crippen LogP contribution in [0.2, 0.25) is 0 Å². The van der Waals surface area contributed by atoms with Gasteiger partial charge in [-0.1, -0.05) is 66.3 Å². The lowest BCUT2D eigenvalue weighted by Gasteiger charge is -1.99. The molecule has 2 saturated carbocycles. The van der Waals surface area contributed by atoms with E-state index >= 15 is 0 Å². The van der Waals surface area contributed by atoms with E-state index in [-0.39, 0.29) is 0 Å². The maximum absolute atomic E-state index is 8.00. The largest absolute Gasteiger partial charge is 0.497 e. The zero-order valence-corrected chi connectivity index (χ0v) is 17.6. The molecule has 0 radical (unpaired) electrons. The first-order valence-corrected chi connectivity index (χ1v) is 9.60. The summed E-state index contributed by atoms with van der Waals surface area (Å²) in [6.45, 7) is 11.2. The zero-order valence-electron chi connectivity index (χ0n) is 17.6. The number of rotatable bonds is 4. The Morgan fingerprint density at radius 1 is 1.00 bits per heavy atom. The number of aliphatic imine (C=N–C) groups is 1. The van der Waals surface area contributed by atoms with Gasteiger partial charge in [-0.25, -0.2) is 0 Å². The number of allylic oxidation sites excluding steroid dienone is 3. The lowest BCUT2D eigenvalue weighted by molar-refractivity contribution is -0.0979. The summed E-state index contributed by atoms with van der Waals surface area (Å²) in [7, 11) is 1.74. The van der Waals surface area contributed by atoms with E-state index in [0.717, 1.165) is 11.4 Å². The molecule has 3 heteroatoms. The van der Waals surface area contributed by atoms with Crippen LogP contribution in [0, 0.1) is 6.92 Å². The number of benzene rings is 2. The second-order valence-corrected chi connectivity index (χ2v) is 6.66. The molecule has 0 N–H and O–H groups in total. The molecule has 0 spiro atoms. The summed E-state index contributed by atoms with van der Waals surface area (Å²) in [5, 5.41) is 0. The van der Waals surface area contributed by atoms with Gasteiger partial charge in [-0.15, -0.1) is 0 Å². The molecule has 0 saturated heterocycles. The number of aryl methyl sites for hydroxylation is 1. The third kappa shape index (κ3) is 11.3. The topological polar surface area (TPSA) is 38.7 Å². The van der Waals surface area contributed by atoms with Gasteiger partial charge in [0.2, 0.25) is 0 Å². The van der Waals surface area contributed by atoms with Crippen LogP contribution >= 0.6 is 0 Å². The van der Waals surface area contributed by atoms with E-state index in [4.69, 9.17) is 9.53 Å². The lowest BCUT2D eigenvalue weighted by atomic mass is 10.1. The molecule has 4 rings (SSSR count). The van der Waals surface area contributed by atoms with Gasteiger partial charge in [0.1, 0.15) is 12.5 Å². The van der Waals surface area contributed by atoms with Crippen molar-refractivity contribution in [2.24, 2.45) is 4.99 Å². The third-order valence-electron chi connectivity index (χ3n) is 4.08. The monoisotopic (exact) mass is 389 g/mol. The van der Waals surface area contributed by atoms with Gasteiger partial charge < -0.3 is 9.53 Å². The summed E-state index contributed by atoms with van der Waals surface area (Å²) in [4.78, 5) is 11.7. The number of methoxy groups -OCH3 is 1. The highest BCUT2D eigenvalue weighted by atomic mass is 16.5. The predicted octanol–water partition coefficient (Wildman–Crippen LogP) is 6.87. The first kappa shape index (κ1) is 23.8. The Morgan fingerprint density at radius 3 is 2.03 bits per heavy atom. The van der Waals surface area contributed by atoms with Crippen LogP contribution in [0.5, 0.6) is 0 Å². The molecule has 0 unspecified atom stereocenters. The van der Waals surface area contributed by atoms with Crippen LogP contribution in [0.1, 0.15) is 36.8 Å². The average Bonchev–Trinajstić information content (AvgIpc) is 3.69. The first-order valence-electron chi connectivity index (χ1n) is 9.60. The summed E-state index contributed by atoms with van der Waals surface area (Å²) < 4.78 is 5.32. The lowest BCUT2D eigenvalue weighted by Crippen LogP contribution is -1.81. The molecule has 152 valence electrons. The van der Waals surface area contributed by atoms with Crippen LogP contribution in [-0.4, -0.2) is 20.6 Å². The Kier molecular flexibility index (Phi) is 11.4. The Bertz CT molecular complexity index is 823. The molecule has 0 atom stereocenters. The second-order valence-electron chi connectivity index (χ2n) is 6.66. The minimum Gasteiger partial charge on any atom is -0.497 e. The standard InChI is InChI=1S/C14H16O.C7H7N.C4H6.CH2O/c1-11-4-3-5-12(10-11)6-9-14(15-2)13-7-8-13;1-8-7-5-3-2-4-6-7;1-4-2-3-4;1-2/h3-6,9-10H,7-8H2,1-2H3;2-6H,1H2;1-3H2;1H2/b9-6+;;;. The van der Waals surface area contributed by atoms with Crippen molar-refractivity contribution in [2.75, 3.05) is 7.11 Å². The number of carbonyl (C=O) groups is 1. The van der Waals surface area contributed by atoms with Crippen molar-refractivity contribution in [3.8, 4) is 0 Å². The van der Waals surface area contributed by atoms with E-state index in [0.29, 0.717) is 0 Å². The summed E-state index contributed by atoms with van der Waals surface area (Å²) in [5.74, 6) is 1.04. The van der Waals surface area contributed by atoms with Gasteiger partial charge in [0.25, 0.3) is 0 Å². The van der Waals surface area contributed by atoms with Gasteiger partial charge in [0.15, 0.2) is 0 Å². The second kappa shape index (κ2) is 13.9. The summed E-state index contributed by atoms with van der Waals surface area (Å²) in [5.41, 5.74) is 6.29. The van der Waals surface area contributed by atoms with Crippen molar-refractivity contribution >= 4 is 25.3 Å². The van der Waals surface area contributed by atoms with Crippen molar-refractivity contribution in [3.05, 3.63) is 95.3 Å². The number of para-hydroxylation sites is 1. The van der Waals surface area contributed by atoms with Gasteiger partial charge in [-0.2, -0.15) is 0 Å². The molecule has 0 heterocycles. The van der Waals surface area contributed by atoms with Crippen LogP contribution in [0.25, 0.3) is 6.08 Å².